The highest BCUT2D eigenvalue weighted by Crippen LogP contribution is 2.47. The Morgan fingerprint density at radius 3 is 2.91 bits per heavy atom. The molecule has 0 aliphatic heterocycles. The minimum Gasteiger partial charge on any atom is -0.354 e. The van der Waals surface area contributed by atoms with Gasteiger partial charge in [-0.2, -0.15) is 0 Å². The normalized spacial score (nSPS) is 20.0. The quantitative estimate of drug-likeness (QED) is 0.916. The minimum absolute atomic E-state index is 0.0215. The fourth-order valence-corrected chi connectivity index (χ4v) is 2.56. The number of aryl methyl sites for hydroxylation is 1. The van der Waals surface area contributed by atoms with Crippen molar-refractivity contribution in [2.45, 2.75) is 25.8 Å². The van der Waals surface area contributed by atoms with E-state index in [1.54, 1.807) is 6.33 Å². The molecule has 2 aromatic rings. The van der Waals surface area contributed by atoms with Crippen LogP contribution in [0.2, 0.25) is 0 Å². The zero-order valence-electron chi connectivity index (χ0n) is 12.1. The van der Waals surface area contributed by atoms with Gasteiger partial charge in [-0.25, -0.2) is 8.78 Å². The van der Waals surface area contributed by atoms with Gasteiger partial charge in [-0.15, -0.1) is 10.2 Å². The van der Waals surface area contributed by atoms with Crippen LogP contribution in [0.3, 0.4) is 0 Å². The largest absolute Gasteiger partial charge is 0.354 e. The topological polar surface area (TPSA) is 59.8 Å². The number of rotatable bonds is 5. The molecule has 0 radical (unpaired) electrons. The summed E-state index contributed by atoms with van der Waals surface area (Å²) in [5.41, 5.74) is 0.675. The molecule has 116 valence electrons. The first-order valence-corrected chi connectivity index (χ1v) is 7.13. The first-order valence-electron chi connectivity index (χ1n) is 7.13. The molecule has 1 saturated carbocycles. The third kappa shape index (κ3) is 2.98. The van der Waals surface area contributed by atoms with Crippen molar-refractivity contribution in [1.82, 2.24) is 20.1 Å². The molecule has 2 atom stereocenters. The van der Waals surface area contributed by atoms with Crippen molar-refractivity contribution in [3.63, 3.8) is 0 Å². The molecule has 5 nitrogen and oxygen atoms in total. The molecule has 1 aliphatic carbocycles. The van der Waals surface area contributed by atoms with Gasteiger partial charge >= 0.3 is 0 Å². The maximum atomic E-state index is 13.2. The van der Waals surface area contributed by atoms with Gasteiger partial charge in [0.2, 0.25) is 5.91 Å². The van der Waals surface area contributed by atoms with Crippen LogP contribution in [-0.4, -0.2) is 27.2 Å². The number of hydrogen-bond acceptors (Lipinski definition) is 3. The van der Waals surface area contributed by atoms with Gasteiger partial charge in [-0.1, -0.05) is 6.07 Å². The van der Waals surface area contributed by atoms with Crippen LogP contribution < -0.4 is 5.32 Å². The van der Waals surface area contributed by atoms with Crippen molar-refractivity contribution < 1.29 is 13.6 Å². The summed E-state index contributed by atoms with van der Waals surface area (Å²) in [5, 5.41) is 10.5. The molecule has 1 aliphatic rings. The van der Waals surface area contributed by atoms with E-state index < -0.39 is 11.6 Å². The van der Waals surface area contributed by atoms with Gasteiger partial charge < -0.3 is 9.88 Å². The third-order valence-corrected chi connectivity index (χ3v) is 3.96. The third-order valence-electron chi connectivity index (χ3n) is 3.96. The number of hydrogen-bond donors (Lipinski definition) is 1. The second kappa shape index (κ2) is 5.82. The highest BCUT2D eigenvalue weighted by atomic mass is 19.2. The fraction of sp³-hybridized carbons (Fsp3) is 0.400. The van der Waals surface area contributed by atoms with Gasteiger partial charge in [0, 0.05) is 19.0 Å². The standard InChI is InChI=1S/C15H16F2N4O/c1-9-20-19-8-21(9)5-4-18-15(22)12-7-11(12)10-2-3-13(16)14(17)6-10/h2-3,6,8,11-12H,4-5,7H2,1H3,(H,18,22)/t11-,12-/m1/s1. The van der Waals surface area contributed by atoms with E-state index in [1.807, 2.05) is 11.5 Å². The van der Waals surface area contributed by atoms with Crippen LogP contribution in [0, 0.1) is 24.5 Å². The van der Waals surface area contributed by atoms with Crippen molar-refractivity contribution in [1.29, 1.82) is 0 Å². The maximum Gasteiger partial charge on any atom is 0.223 e. The van der Waals surface area contributed by atoms with Gasteiger partial charge in [-0.3, -0.25) is 4.79 Å². The maximum absolute atomic E-state index is 13.2. The van der Waals surface area contributed by atoms with Gasteiger partial charge in [0.25, 0.3) is 0 Å². The molecule has 0 saturated heterocycles. The van der Waals surface area contributed by atoms with E-state index in [0.717, 1.165) is 11.9 Å². The Bertz CT molecular complexity index is 701. The van der Waals surface area contributed by atoms with E-state index in [2.05, 4.69) is 15.5 Å². The number of halogens is 2. The molecule has 1 aromatic carbocycles. The Morgan fingerprint density at radius 1 is 1.41 bits per heavy atom. The number of nitrogens with zero attached hydrogens (tertiary/aromatic N) is 3. The number of carbonyl (C=O) groups is 1. The van der Waals surface area contributed by atoms with E-state index in [1.165, 1.54) is 12.1 Å². The number of nitrogens with one attached hydrogen (secondary N) is 1. The van der Waals surface area contributed by atoms with Crippen molar-refractivity contribution in [2.24, 2.45) is 5.92 Å². The lowest BCUT2D eigenvalue weighted by Crippen LogP contribution is -2.29. The lowest BCUT2D eigenvalue weighted by atomic mass is 10.1. The summed E-state index contributed by atoms with van der Waals surface area (Å²) in [6.07, 6.45) is 2.28. The predicted molar refractivity (Wildman–Crippen MR) is 75.0 cm³/mol. The summed E-state index contributed by atoms with van der Waals surface area (Å²) in [5.74, 6) is -1.18. The van der Waals surface area contributed by atoms with Crippen LogP contribution in [-0.2, 0) is 11.3 Å². The molecule has 7 heteroatoms. The average molecular weight is 306 g/mol. The van der Waals surface area contributed by atoms with Crippen molar-refractivity contribution in [3.05, 3.63) is 47.5 Å². The predicted octanol–water partition coefficient (Wildman–Crippen LogP) is 1.78. The Kier molecular flexibility index (Phi) is 3.87. The molecular weight excluding hydrogens is 290 g/mol. The van der Waals surface area contributed by atoms with Crippen molar-refractivity contribution >= 4 is 5.91 Å². The van der Waals surface area contributed by atoms with E-state index in [9.17, 15) is 13.6 Å². The molecule has 0 spiro atoms. The Labute approximate surface area is 126 Å². The molecule has 1 fully saturated rings. The van der Waals surface area contributed by atoms with Crippen molar-refractivity contribution in [3.8, 4) is 0 Å². The second-order valence-electron chi connectivity index (χ2n) is 5.48. The highest BCUT2D eigenvalue weighted by molar-refractivity contribution is 5.82. The first kappa shape index (κ1) is 14.6. The summed E-state index contributed by atoms with van der Waals surface area (Å²) >= 11 is 0. The lowest BCUT2D eigenvalue weighted by molar-refractivity contribution is -0.122. The van der Waals surface area contributed by atoms with Crippen LogP contribution in [0.1, 0.15) is 23.7 Å². The summed E-state index contributed by atoms with van der Waals surface area (Å²) in [6.45, 7) is 2.93. The van der Waals surface area contributed by atoms with Gasteiger partial charge in [-0.05, 0) is 37.0 Å². The van der Waals surface area contributed by atoms with Gasteiger partial charge in [0.15, 0.2) is 11.6 Å². The Balaban J connectivity index is 1.50. The summed E-state index contributed by atoms with van der Waals surface area (Å²) in [7, 11) is 0. The molecule has 0 unspecified atom stereocenters. The SMILES string of the molecule is Cc1nncn1CCNC(=O)[C@@H]1C[C@@H]1c1ccc(F)c(F)c1. The molecule has 3 rings (SSSR count). The average Bonchev–Trinajstić information content (AvgIpc) is 3.20. The molecule has 0 bridgehead atoms. The summed E-state index contributed by atoms with van der Waals surface area (Å²) < 4.78 is 28.0. The number of benzene rings is 1. The van der Waals surface area contributed by atoms with E-state index >= 15 is 0 Å². The molecule has 1 heterocycles. The van der Waals surface area contributed by atoms with Crippen molar-refractivity contribution in [2.75, 3.05) is 6.54 Å². The summed E-state index contributed by atoms with van der Waals surface area (Å²) in [4.78, 5) is 12.0. The smallest absolute Gasteiger partial charge is 0.223 e. The molecule has 22 heavy (non-hydrogen) atoms. The molecule has 1 N–H and O–H groups in total. The van der Waals surface area contributed by atoms with Gasteiger partial charge in [0.1, 0.15) is 12.2 Å². The number of amides is 1. The highest BCUT2D eigenvalue weighted by Gasteiger charge is 2.43. The van der Waals surface area contributed by atoms with E-state index in [-0.39, 0.29) is 17.7 Å². The molecule has 1 amide bonds. The van der Waals surface area contributed by atoms with E-state index in [0.29, 0.717) is 25.1 Å². The van der Waals surface area contributed by atoms with Gasteiger partial charge in [0.05, 0.1) is 0 Å². The van der Waals surface area contributed by atoms with Crippen LogP contribution in [0.25, 0.3) is 0 Å². The fourth-order valence-electron chi connectivity index (χ4n) is 2.56. The zero-order valence-corrected chi connectivity index (χ0v) is 12.1. The number of aromatic nitrogens is 3. The lowest BCUT2D eigenvalue weighted by Gasteiger charge is -2.06. The van der Waals surface area contributed by atoms with Crippen LogP contribution >= 0.6 is 0 Å². The molecule has 1 aromatic heterocycles. The monoisotopic (exact) mass is 306 g/mol. The van der Waals surface area contributed by atoms with E-state index in [4.69, 9.17) is 0 Å². The summed E-state index contributed by atoms with van der Waals surface area (Å²) in [6, 6.07) is 3.82. The zero-order chi connectivity index (χ0) is 15.7. The van der Waals surface area contributed by atoms with Crippen LogP contribution in [0.5, 0.6) is 0 Å². The Morgan fingerprint density at radius 2 is 2.23 bits per heavy atom. The van der Waals surface area contributed by atoms with Crippen LogP contribution in [0.4, 0.5) is 8.78 Å². The Hall–Kier alpha value is -2.31. The number of carbonyl (C=O) groups excluding carboxylic acids is 1. The van der Waals surface area contributed by atoms with Crippen LogP contribution in [0.15, 0.2) is 24.5 Å². The molecular formula is C15H16F2N4O. The second-order valence-corrected chi connectivity index (χ2v) is 5.48. The minimum atomic E-state index is -0.869. The first-order chi connectivity index (χ1) is 10.6.